The quantitative estimate of drug-likeness (QED) is 0.656. The lowest BCUT2D eigenvalue weighted by molar-refractivity contribution is -0.121. The molecule has 0 aromatic heterocycles. The molecular weight excluding hydrogens is 262 g/mol. The molecule has 3 nitrogen and oxygen atoms in total. The minimum absolute atomic E-state index is 0.118. The van der Waals surface area contributed by atoms with E-state index in [4.69, 9.17) is 4.74 Å². The van der Waals surface area contributed by atoms with E-state index in [0.29, 0.717) is 13.0 Å². The molecule has 0 bridgehead atoms. The summed E-state index contributed by atoms with van der Waals surface area (Å²) in [6.45, 7) is 5.59. The second-order valence-electron chi connectivity index (χ2n) is 5.04. The number of benzene rings is 1. The number of hydrogen-bond acceptors (Lipinski definition) is 2. The largest absolute Gasteiger partial charge is 0.494 e. The molecule has 0 fully saturated rings. The van der Waals surface area contributed by atoms with Gasteiger partial charge in [0.25, 0.3) is 0 Å². The van der Waals surface area contributed by atoms with Gasteiger partial charge in [0.2, 0.25) is 5.91 Å². The van der Waals surface area contributed by atoms with Crippen molar-refractivity contribution in [3.05, 3.63) is 35.9 Å². The van der Waals surface area contributed by atoms with E-state index in [2.05, 4.69) is 31.3 Å². The van der Waals surface area contributed by atoms with Crippen molar-refractivity contribution in [1.29, 1.82) is 0 Å². The van der Waals surface area contributed by atoms with E-state index in [9.17, 15) is 4.79 Å². The first-order valence-corrected chi connectivity index (χ1v) is 7.92. The van der Waals surface area contributed by atoms with Gasteiger partial charge in [-0.05, 0) is 37.0 Å². The molecular formula is C18H27NO2. The van der Waals surface area contributed by atoms with Gasteiger partial charge in [0.15, 0.2) is 0 Å². The molecule has 3 heteroatoms. The highest BCUT2D eigenvalue weighted by Gasteiger charge is 2.00. The Hall–Kier alpha value is -1.77. The zero-order chi connectivity index (χ0) is 15.3. The molecule has 0 aliphatic rings. The lowest BCUT2D eigenvalue weighted by Crippen LogP contribution is -2.24. The summed E-state index contributed by atoms with van der Waals surface area (Å²) in [6, 6.07) is 8.02. The van der Waals surface area contributed by atoms with E-state index < -0.39 is 0 Å². The van der Waals surface area contributed by atoms with Crippen molar-refractivity contribution in [3.8, 4) is 5.75 Å². The van der Waals surface area contributed by atoms with E-state index in [0.717, 1.165) is 38.0 Å². The van der Waals surface area contributed by atoms with Crippen molar-refractivity contribution in [2.24, 2.45) is 0 Å². The molecule has 21 heavy (non-hydrogen) atoms. The number of carbonyl (C=O) groups is 1. The monoisotopic (exact) mass is 289 g/mol. The highest BCUT2D eigenvalue weighted by molar-refractivity contribution is 5.75. The minimum atomic E-state index is 0.118. The number of ether oxygens (including phenoxy) is 1. The molecule has 0 atom stereocenters. The van der Waals surface area contributed by atoms with Gasteiger partial charge < -0.3 is 10.1 Å². The molecule has 0 aliphatic heterocycles. The molecule has 1 amide bonds. The Morgan fingerprint density at radius 1 is 1.19 bits per heavy atom. The van der Waals surface area contributed by atoms with Crippen LogP contribution in [0.3, 0.4) is 0 Å². The molecule has 116 valence electrons. The van der Waals surface area contributed by atoms with Crippen LogP contribution < -0.4 is 10.1 Å². The molecule has 0 heterocycles. The third kappa shape index (κ3) is 8.18. The molecule has 1 N–H and O–H groups in total. The van der Waals surface area contributed by atoms with Crippen LogP contribution in [0.15, 0.2) is 30.3 Å². The summed E-state index contributed by atoms with van der Waals surface area (Å²) in [6.07, 6.45) is 8.69. The molecule has 0 saturated carbocycles. The fourth-order valence-electron chi connectivity index (χ4n) is 1.84. The van der Waals surface area contributed by atoms with Crippen molar-refractivity contribution < 1.29 is 9.53 Å². The van der Waals surface area contributed by atoms with E-state index in [-0.39, 0.29) is 5.91 Å². The van der Waals surface area contributed by atoms with Gasteiger partial charge in [-0.2, -0.15) is 0 Å². The van der Waals surface area contributed by atoms with Crippen molar-refractivity contribution in [2.75, 3.05) is 13.2 Å². The van der Waals surface area contributed by atoms with Gasteiger partial charge in [-0.25, -0.2) is 0 Å². The summed E-state index contributed by atoms with van der Waals surface area (Å²) >= 11 is 0. The average Bonchev–Trinajstić information content (AvgIpc) is 2.51. The third-order valence-corrected chi connectivity index (χ3v) is 3.10. The predicted molar refractivity (Wildman–Crippen MR) is 88.4 cm³/mol. The average molecular weight is 289 g/mol. The molecule has 0 radical (unpaired) electrons. The maximum atomic E-state index is 11.5. The van der Waals surface area contributed by atoms with Gasteiger partial charge >= 0.3 is 0 Å². The Bertz CT molecular complexity index is 423. The van der Waals surface area contributed by atoms with Crippen LogP contribution in [0.1, 0.15) is 51.5 Å². The zero-order valence-electron chi connectivity index (χ0n) is 13.2. The number of nitrogens with one attached hydrogen (secondary N) is 1. The summed E-state index contributed by atoms with van der Waals surface area (Å²) in [5.74, 6) is 0.974. The maximum Gasteiger partial charge on any atom is 0.220 e. The Kier molecular flexibility index (Phi) is 9.01. The predicted octanol–water partition coefficient (Wildman–Crippen LogP) is 4.19. The smallest absolute Gasteiger partial charge is 0.220 e. The first-order chi connectivity index (χ1) is 10.3. The summed E-state index contributed by atoms with van der Waals surface area (Å²) in [5, 5.41) is 2.91. The Labute approximate surface area is 128 Å². The lowest BCUT2D eigenvalue weighted by atomic mass is 10.2. The van der Waals surface area contributed by atoms with E-state index in [1.165, 1.54) is 5.56 Å². The van der Waals surface area contributed by atoms with E-state index in [1.54, 1.807) is 0 Å². The van der Waals surface area contributed by atoms with Crippen molar-refractivity contribution in [1.82, 2.24) is 5.32 Å². The molecule has 1 aromatic rings. The summed E-state index contributed by atoms with van der Waals surface area (Å²) in [7, 11) is 0. The van der Waals surface area contributed by atoms with Crippen LogP contribution in [-0.4, -0.2) is 19.1 Å². The van der Waals surface area contributed by atoms with Gasteiger partial charge in [-0.3, -0.25) is 4.79 Å². The third-order valence-electron chi connectivity index (χ3n) is 3.10. The summed E-state index contributed by atoms with van der Waals surface area (Å²) < 4.78 is 5.64. The van der Waals surface area contributed by atoms with Crippen LogP contribution >= 0.6 is 0 Å². The number of unbranched alkanes of at least 4 members (excludes halogenated alkanes) is 1. The van der Waals surface area contributed by atoms with Crippen LogP contribution in [-0.2, 0) is 4.79 Å². The Morgan fingerprint density at radius 2 is 1.95 bits per heavy atom. The van der Waals surface area contributed by atoms with Crippen molar-refractivity contribution in [2.45, 2.75) is 46.0 Å². The molecule has 0 saturated heterocycles. The maximum absolute atomic E-state index is 11.5. The van der Waals surface area contributed by atoms with E-state index in [1.807, 2.05) is 24.3 Å². The number of amides is 1. The highest BCUT2D eigenvalue weighted by Crippen LogP contribution is 2.13. The van der Waals surface area contributed by atoms with Gasteiger partial charge in [-0.1, -0.05) is 44.6 Å². The molecule has 0 unspecified atom stereocenters. The number of allylic oxidation sites excluding steroid dienone is 1. The van der Waals surface area contributed by atoms with Crippen LogP contribution in [0, 0.1) is 0 Å². The minimum Gasteiger partial charge on any atom is -0.494 e. The highest BCUT2D eigenvalue weighted by atomic mass is 16.5. The zero-order valence-corrected chi connectivity index (χ0v) is 13.2. The Balaban J connectivity index is 2.17. The topological polar surface area (TPSA) is 38.3 Å². The number of rotatable bonds is 10. The fraction of sp³-hybridized carbons (Fsp3) is 0.500. The first-order valence-electron chi connectivity index (χ1n) is 7.92. The van der Waals surface area contributed by atoms with Crippen LogP contribution in [0.2, 0.25) is 0 Å². The van der Waals surface area contributed by atoms with Crippen LogP contribution in [0.4, 0.5) is 0 Å². The van der Waals surface area contributed by atoms with E-state index >= 15 is 0 Å². The van der Waals surface area contributed by atoms with Gasteiger partial charge in [-0.15, -0.1) is 0 Å². The normalized spacial score (nSPS) is 10.8. The van der Waals surface area contributed by atoms with Crippen molar-refractivity contribution >= 4 is 12.0 Å². The molecule has 0 spiro atoms. The molecule has 0 aliphatic carbocycles. The fourth-order valence-corrected chi connectivity index (χ4v) is 1.84. The second-order valence-corrected chi connectivity index (χ2v) is 5.04. The molecule has 1 aromatic carbocycles. The molecule has 1 rings (SSSR count). The summed E-state index contributed by atoms with van der Waals surface area (Å²) in [5.41, 5.74) is 1.18. The van der Waals surface area contributed by atoms with Crippen LogP contribution in [0.25, 0.3) is 6.08 Å². The van der Waals surface area contributed by atoms with Crippen LogP contribution in [0.5, 0.6) is 5.75 Å². The standard InChI is InChI=1S/C18H27NO2/c1-3-5-8-16-10-12-17(13-11-16)21-15-7-9-18(20)19-14-6-4-2/h5,8,10-13H,3-4,6-7,9,14-15H2,1-2H3,(H,19,20)/b8-5+. The SMILES string of the molecule is CC/C=C/c1ccc(OCCCC(=O)NCCCC)cc1. The second kappa shape index (κ2) is 11.0. The van der Waals surface area contributed by atoms with Gasteiger partial charge in [0.05, 0.1) is 6.61 Å². The Morgan fingerprint density at radius 3 is 2.62 bits per heavy atom. The number of hydrogen-bond donors (Lipinski definition) is 1. The van der Waals surface area contributed by atoms with Crippen molar-refractivity contribution in [3.63, 3.8) is 0 Å². The summed E-state index contributed by atoms with van der Waals surface area (Å²) in [4.78, 5) is 11.5. The van der Waals surface area contributed by atoms with Gasteiger partial charge in [0, 0.05) is 13.0 Å². The number of carbonyl (C=O) groups excluding carboxylic acids is 1. The van der Waals surface area contributed by atoms with Gasteiger partial charge in [0.1, 0.15) is 5.75 Å². The first kappa shape index (κ1) is 17.3. The lowest BCUT2D eigenvalue weighted by Gasteiger charge is -2.07.